The van der Waals surface area contributed by atoms with Crippen molar-refractivity contribution in [1.82, 2.24) is 25.0 Å². The van der Waals surface area contributed by atoms with Crippen molar-refractivity contribution in [2.24, 2.45) is 0 Å². The fourth-order valence-corrected chi connectivity index (χ4v) is 10.3. The lowest BCUT2D eigenvalue weighted by molar-refractivity contribution is 0.0686. The summed E-state index contributed by atoms with van der Waals surface area (Å²) in [6, 6.07) is 41.6. The summed E-state index contributed by atoms with van der Waals surface area (Å²) in [4.78, 5) is 108. The predicted octanol–water partition coefficient (Wildman–Crippen LogP) is 11.2. The number of benzene rings is 7. The third kappa shape index (κ3) is 21.5. The van der Waals surface area contributed by atoms with E-state index < -0.39 is 58.8 Å². The second kappa shape index (κ2) is 37.3. The van der Waals surface area contributed by atoms with Crippen LogP contribution in [0.15, 0.2) is 176 Å². The molecule has 10 rings (SSSR count). The number of pyridine rings is 1. The first-order valence-electron chi connectivity index (χ1n) is 31.1. The number of ether oxygens (including phenoxy) is 2. The Labute approximate surface area is 564 Å². The van der Waals surface area contributed by atoms with Gasteiger partial charge in [-0.05, 0) is 148 Å². The molecule has 8 aromatic rings. The first-order valence-corrected chi connectivity index (χ1v) is 31.1. The number of piperazine rings is 2. The number of para-hydroxylation sites is 1. The van der Waals surface area contributed by atoms with E-state index in [4.69, 9.17) is 19.7 Å². The number of methoxy groups -OCH3 is 2. The van der Waals surface area contributed by atoms with E-state index in [1.54, 1.807) is 86.0 Å². The van der Waals surface area contributed by atoms with Gasteiger partial charge in [0.05, 0.1) is 59.1 Å². The lowest BCUT2D eigenvalue weighted by atomic mass is 10.0. The standard InChI is InChI=1S/C23H28FN3O3.C22H26FN3O3.C15H12FNO3.C13H9FN2O3/c1-26-12-14-27(15-13-26)11-5-10-21(28)22-19(24)8-4-9-20(22)25-23(29)17-6-3-7-18(16-17)30-2;1-29-17-9-7-16(8-10-17)22(28)25-19-5-2-4-18(23)21(19)20(27)6-3-13-26-14-11-24-12-15-26;1-17(13-9-5-3-7-11(13)15(19)20)14(18)10-6-2-4-8-12(10)16;14-10-6-2-1-4-8(10)12(17)16-11-9(13(18)19)5-3-7-15-11/h3-4,6-9,16H,5,10-15H2,1-2H3,(H,25,29);2,4-5,7-10,24H,3,6,11-15H2,1H3,(H,25,28);2-9H,1H3,(H,19,20);1-7H,(H,18,19)(H,15,16,17). The molecule has 6 N–H and O–H groups in total. The Morgan fingerprint density at radius 2 is 0.980 bits per heavy atom. The van der Waals surface area contributed by atoms with Gasteiger partial charge in [0.2, 0.25) is 0 Å². The Kier molecular flexibility index (Phi) is 28.4. The van der Waals surface area contributed by atoms with Crippen LogP contribution in [0.5, 0.6) is 11.5 Å². The summed E-state index contributed by atoms with van der Waals surface area (Å²) in [5.74, 6) is -6.68. The number of carboxylic acid groups (broad SMARTS) is 2. The summed E-state index contributed by atoms with van der Waals surface area (Å²) < 4.78 is 66.1. The van der Waals surface area contributed by atoms with E-state index in [9.17, 15) is 55.9 Å². The molecule has 98 heavy (non-hydrogen) atoms. The van der Waals surface area contributed by atoms with E-state index in [1.165, 1.54) is 105 Å². The highest BCUT2D eigenvalue weighted by Gasteiger charge is 2.25. The number of carboxylic acids is 2. The zero-order chi connectivity index (χ0) is 70.7. The van der Waals surface area contributed by atoms with Crippen molar-refractivity contribution in [3.8, 4) is 11.5 Å². The molecule has 3 heterocycles. The van der Waals surface area contributed by atoms with Gasteiger partial charge in [-0.2, -0.15) is 0 Å². The topological polar surface area (TPSA) is 269 Å². The van der Waals surface area contributed by atoms with Crippen LogP contribution in [0.25, 0.3) is 0 Å². The summed E-state index contributed by atoms with van der Waals surface area (Å²) in [5.41, 5.74) is 0.784. The van der Waals surface area contributed by atoms with Gasteiger partial charge in [-0.15, -0.1) is 0 Å². The Hall–Kier alpha value is -11.0. The molecule has 0 bridgehead atoms. The fourth-order valence-electron chi connectivity index (χ4n) is 10.3. The van der Waals surface area contributed by atoms with Crippen molar-refractivity contribution in [3.63, 3.8) is 0 Å². The number of ketones is 2. The number of halogens is 4. The van der Waals surface area contributed by atoms with E-state index >= 15 is 0 Å². The highest BCUT2D eigenvalue weighted by Crippen LogP contribution is 2.27. The number of carbonyl (C=O) groups is 8. The molecule has 2 fully saturated rings. The minimum Gasteiger partial charge on any atom is -0.497 e. The first-order chi connectivity index (χ1) is 47.2. The number of hydrogen-bond acceptors (Lipinski definition) is 15. The van der Waals surface area contributed by atoms with E-state index in [1.807, 2.05) is 0 Å². The lowest BCUT2D eigenvalue weighted by Gasteiger charge is -2.32. The number of nitrogens with zero attached hydrogens (tertiary/aromatic N) is 5. The maximum Gasteiger partial charge on any atom is 0.339 e. The average Bonchev–Trinajstić information content (AvgIpc) is 0.857. The van der Waals surface area contributed by atoms with Gasteiger partial charge in [0.15, 0.2) is 11.6 Å². The number of anilines is 4. The maximum atomic E-state index is 14.5. The molecule has 2 saturated heterocycles. The third-order valence-corrected chi connectivity index (χ3v) is 15.6. The maximum absolute atomic E-state index is 14.5. The van der Waals surface area contributed by atoms with E-state index in [2.05, 4.69) is 48.0 Å². The minimum absolute atomic E-state index is 0.0142. The molecule has 4 amide bonds. The molecule has 2 aliphatic rings. The molecule has 0 aliphatic carbocycles. The minimum atomic E-state index is -1.23. The SMILES string of the molecule is CN(C(=O)c1ccccc1F)c1ccccc1C(=O)O.COc1ccc(C(=O)Nc2cccc(F)c2C(=O)CCCN2CCNCC2)cc1.COc1cccc(C(=O)Nc2cccc(F)c2C(=O)CCCN2CCN(C)CC2)c1.O=C(Nc1ncccc1C(=O)O)c1ccccc1F. The Morgan fingerprint density at radius 3 is 1.52 bits per heavy atom. The summed E-state index contributed by atoms with van der Waals surface area (Å²) in [5, 5.41) is 29.0. The number of rotatable bonds is 22. The second-order valence-electron chi connectivity index (χ2n) is 22.3. The van der Waals surface area contributed by atoms with Gasteiger partial charge in [0.1, 0.15) is 46.1 Å². The molecule has 0 spiro atoms. The molecule has 0 radical (unpaired) electrons. The Morgan fingerprint density at radius 1 is 0.500 bits per heavy atom. The van der Waals surface area contributed by atoms with Crippen LogP contribution in [-0.2, 0) is 0 Å². The molecule has 0 atom stereocenters. The number of likely N-dealkylation sites (N-methyl/N-ethyl adjacent to an activating group) is 1. The number of amides is 4. The molecular weight excluding hydrogens is 1270 g/mol. The number of Topliss-reactive ketones (excluding diaryl/α,β-unsaturated/α-hetero) is 2. The molecule has 21 nitrogen and oxygen atoms in total. The van der Waals surface area contributed by atoms with Crippen molar-refractivity contribution in [2.75, 3.05) is 115 Å². The summed E-state index contributed by atoms with van der Waals surface area (Å²) in [6.07, 6.45) is 3.11. The molecule has 25 heteroatoms. The summed E-state index contributed by atoms with van der Waals surface area (Å²) in [7, 11) is 6.57. The van der Waals surface area contributed by atoms with Crippen molar-refractivity contribution >= 4 is 70.0 Å². The fraction of sp³-hybridized carbons (Fsp3) is 0.247. The van der Waals surface area contributed by atoms with Crippen LogP contribution in [0.1, 0.15) is 109 Å². The van der Waals surface area contributed by atoms with Gasteiger partial charge < -0.3 is 60.6 Å². The zero-order valence-electron chi connectivity index (χ0n) is 54.4. The normalized spacial score (nSPS) is 12.9. The van der Waals surface area contributed by atoms with Crippen LogP contribution in [0.3, 0.4) is 0 Å². The smallest absolute Gasteiger partial charge is 0.339 e. The summed E-state index contributed by atoms with van der Waals surface area (Å²) in [6.45, 7) is 9.40. The van der Waals surface area contributed by atoms with Gasteiger partial charge in [-0.1, -0.05) is 54.6 Å². The zero-order valence-corrected chi connectivity index (χ0v) is 54.4. The van der Waals surface area contributed by atoms with Gasteiger partial charge >= 0.3 is 11.9 Å². The second-order valence-corrected chi connectivity index (χ2v) is 22.3. The van der Waals surface area contributed by atoms with Crippen LogP contribution in [0.2, 0.25) is 0 Å². The van der Waals surface area contributed by atoms with Gasteiger partial charge in [0.25, 0.3) is 23.6 Å². The van der Waals surface area contributed by atoms with Crippen LogP contribution in [0.4, 0.5) is 40.4 Å². The monoisotopic (exact) mass is 1350 g/mol. The van der Waals surface area contributed by atoms with Crippen LogP contribution < -0.4 is 35.6 Å². The molecule has 0 saturated carbocycles. The van der Waals surface area contributed by atoms with Crippen molar-refractivity contribution in [3.05, 3.63) is 244 Å². The van der Waals surface area contributed by atoms with Gasteiger partial charge in [-0.25, -0.2) is 32.1 Å². The van der Waals surface area contributed by atoms with Crippen molar-refractivity contribution < 1.29 is 75.6 Å². The highest BCUT2D eigenvalue weighted by atomic mass is 19.1. The average molecular weight is 1350 g/mol. The number of hydrogen-bond donors (Lipinski definition) is 6. The predicted molar refractivity (Wildman–Crippen MR) is 363 cm³/mol. The Bertz CT molecular complexity index is 4090. The van der Waals surface area contributed by atoms with E-state index in [-0.39, 0.29) is 80.7 Å². The number of aromatic nitrogens is 1. The van der Waals surface area contributed by atoms with Crippen molar-refractivity contribution in [1.29, 1.82) is 0 Å². The quantitative estimate of drug-likeness (QED) is 0.0272. The highest BCUT2D eigenvalue weighted by molar-refractivity contribution is 6.12. The molecule has 2 aliphatic heterocycles. The van der Waals surface area contributed by atoms with Crippen LogP contribution in [0, 0.1) is 23.3 Å². The number of nitrogens with one attached hydrogen (secondary N) is 4. The Balaban J connectivity index is 0.000000187. The molecule has 7 aromatic carbocycles. The largest absolute Gasteiger partial charge is 0.497 e. The van der Waals surface area contributed by atoms with Crippen LogP contribution in [-0.4, -0.2) is 171 Å². The summed E-state index contributed by atoms with van der Waals surface area (Å²) >= 11 is 0. The molecule has 512 valence electrons. The first kappa shape index (κ1) is 74.4. The third-order valence-electron chi connectivity index (χ3n) is 15.6. The van der Waals surface area contributed by atoms with E-state index in [0.29, 0.717) is 35.5 Å². The lowest BCUT2D eigenvalue weighted by Crippen LogP contribution is -2.44. The number of aromatic carboxylic acids is 2. The molecule has 0 unspecified atom stereocenters. The number of carbonyl (C=O) groups excluding carboxylic acids is 6. The van der Waals surface area contributed by atoms with Crippen LogP contribution >= 0.6 is 0 Å². The van der Waals surface area contributed by atoms with E-state index in [0.717, 1.165) is 76.4 Å². The van der Waals surface area contributed by atoms with Crippen molar-refractivity contribution in [2.45, 2.75) is 25.7 Å². The molecular formula is C73H75F4N9O12. The molecule has 1 aromatic heterocycles. The van der Waals surface area contributed by atoms with Gasteiger partial charge in [0, 0.05) is 89.6 Å². The van der Waals surface area contributed by atoms with Gasteiger partial charge in [-0.3, -0.25) is 28.8 Å².